The van der Waals surface area contributed by atoms with E-state index in [1.165, 1.54) is 0 Å². The number of nitrogens with zero attached hydrogens (tertiary/aromatic N) is 2. The molecule has 1 fully saturated rings. The Morgan fingerprint density at radius 3 is 2.68 bits per heavy atom. The average Bonchev–Trinajstić information content (AvgIpc) is 3.45. The van der Waals surface area contributed by atoms with Gasteiger partial charge in [0.15, 0.2) is 5.58 Å². The maximum absolute atomic E-state index is 13.1. The van der Waals surface area contributed by atoms with E-state index in [1.807, 2.05) is 78.6 Å². The molecule has 5 heteroatoms. The Kier molecular flexibility index (Phi) is 4.94. The van der Waals surface area contributed by atoms with Crippen molar-refractivity contribution in [2.24, 2.45) is 0 Å². The van der Waals surface area contributed by atoms with Gasteiger partial charge in [-0.05, 0) is 67.3 Å². The Labute approximate surface area is 181 Å². The van der Waals surface area contributed by atoms with Gasteiger partial charge in [0.2, 0.25) is 5.89 Å². The molecule has 5 nitrogen and oxygen atoms in total. The zero-order valence-electron chi connectivity index (χ0n) is 17.7. The third kappa shape index (κ3) is 3.67. The first-order valence-electron chi connectivity index (χ1n) is 10.5. The van der Waals surface area contributed by atoms with Crippen LogP contribution in [0.3, 0.4) is 0 Å². The number of carbonyl (C=O) groups excluding carboxylic acids is 1. The van der Waals surface area contributed by atoms with Crippen LogP contribution in [0, 0.1) is 6.92 Å². The fourth-order valence-electron chi connectivity index (χ4n) is 4.20. The lowest BCUT2D eigenvalue weighted by atomic mass is 10.1. The summed E-state index contributed by atoms with van der Waals surface area (Å²) in [5.74, 6) is 1.45. The summed E-state index contributed by atoms with van der Waals surface area (Å²) in [4.78, 5) is 19.8. The number of aromatic nitrogens is 1. The quantitative estimate of drug-likeness (QED) is 0.426. The van der Waals surface area contributed by atoms with Gasteiger partial charge in [-0.2, -0.15) is 0 Å². The molecule has 4 aromatic rings. The van der Waals surface area contributed by atoms with Gasteiger partial charge in [0, 0.05) is 12.1 Å². The standard InChI is InChI=1S/C26H24N2O3/c1-17-8-10-18(11-9-17)26(29)28-14-4-7-23(28)25-27-22-16-20(12-13-24(22)31-25)19-5-3-6-21(15-19)30-2/h3,5-6,8-13,15-16,23H,4,7,14H2,1-2H3. The summed E-state index contributed by atoms with van der Waals surface area (Å²) in [5.41, 5.74) is 5.48. The van der Waals surface area contributed by atoms with Crippen molar-refractivity contribution in [2.75, 3.05) is 13.7 Å². The summed E-state index contributed by atoms with van der Waals surface area (Å²) in [7, 11) is 1.66. The Bertz CT molecular complexity index is 1240. The van der Waals surface area contributed by atoms with Crippen LogP contribution in [0.15, 0.2) is 71.1 Å². The van der Waals surface area contributed by atoms with Crippen LogP contribution in [0.4, 0.5) is 0 Å². The van der Waals surface area contributed by atoms with Crippen molar-refractivity contribution in [2.45, 2.75) is 25.8 Å². The van der Waals surface area contributed by atoms with Crippen LogP contribution in [0.1, 0.15) is 40.7 Å². The topological polar surface area (TPSA) is 55.6 Å². The van der Waals surface area contributed by atoms with E-state index in [-0.39, 0.29) is 11.9 Å². The largest absolute Gasteiger partial charge is 0.497 e. The van der Waals surface area contributed by atoms with Crippen LogP contribution in [-0.2, 0) is 0 Å². The SMILES string of the molecule is COc1cccc(-c2ccc3oc(C4CCCN4C(=O)c4ccc(C)cc4)nc3c2)c1. The van der Waals surface area contributed by atoms with Crippen molar-refractivity contribution in [1.29, 1.82) is 0 Å². The molecule has 0 spiro atoms. The first kappa shape index (κ1) is 19.4. The third-order valence-corrected chi connectivity index (χ3v) is 5.90. The van der Waals surface area contributed by atoms with Gasteiger partial charge in [-0.15, -0.1) is 0 Å². The lowest BCUT2D eigenvalue weighted by Crippen LogP contribution is -2.30. The van der Waals surface area contributed by atoms with Crippen LogP contribution in [0.5, 0.6) is 5.75 Å². The molecule has 156 valence electrons. The van der Waals surface area contributed by atoms with E-state index >= 15 is 0 Å². The van der Waals surface area contributed by atoms with Crippen molar-refractivity contribution in [3.8, 4) is 16.9 Å². The minimum absolute atomic E-state index is 0.0295. The highest BCUT2D eigenvalue weighted by atomic mass is 16.5. The number of benzene rings is 3. The zero-order valence-corrected chi connectivity index (χ0v) is 17.7. The van der Waals surface area contributed by atoms with Crippen LogP contribution in [0.2, 0.25) is 0 Å². The molecule has 1 atom stereocenters. The fraction of sp³-hybridized carbons (Fsp3) is 0.231. The fourth-order valence-corrected chi connectivity index (χ4v) is 4.20. The Balaban J connectivity index is 1.45. The number of methoxy groups -OCH3 is 1. The molecular weight excluding hydrogens is 388 g/mol. The maximum atomic E-state index is 13.1. The highest BCUT2D eigenvalue weighted by Crippen LogP contribution is 2.35. The molecule has 1 aromatic heterocycles. The van der Waals surface area contributed by atoms with Crippen LogP contribution in [-0.4, -0.2) is 29.4 Å². The number of amides is 1. The average molecular weight is 412 g/mol. The zero-order chi connectivity index (χ0) is 21.4. The molecule has 2 heterocycles. The number of rotatable bonds is 4. The number of fused-ring (bicyclic) bond motifs is 1. The minimum Gasteiger partial charge on any atom is -0.497 e. The summed E-state index contributed by atoms with van der Waals surface area (Å²) in [6, 6.07) is 21.5. The van der Waals surface area contributed by atoms with E-state index < -0.39 is 0 Å². The predicted molar refractivity (Wildman–Crippen MR) is 120 cm³/mol. The van der Waals surface area contributed by atoms with Crippen LogP contribution in [0.25, 0.3) is 22.2 Å². The molecule has 0 aliphatic carbocycles. The number of likely N-dealkylation sites (tertiary alicyclic amines) is 1. The number of hydrogen-bond acceptors (Lipinski definition) is 4. The number of hydrogen-bond donors (Lipinski definition) is 0. The Hall–Kier alpha value is -3.60. The molecule has 5 rings (SSSR count). The molecular formula is C26H24N2O3. The molecule has 1 amide bonds. The smallest absolute Gasteiger partial charge is 0.254 e. The highest BCUT2D eigenvalue weighted by Gasteiger charge is 2.34. The second kappa shape index (κ2) is 7.91. The monoisotopic (exact) mass is 412 g/mol. The second-order valence-electron chi connectivity index (χ2n) is 7.99. The molecule has 1 aliphatic heterocycles. The minimum atomic E-state index is -0.138. The third-order valence-electron chi connectivity index (χ3n) is 5.90. The Morgan fingerprint density at radius 2 is 1.87 bits per heavy atom. The van der Waals surface area contributed by atoms with Gasteiger partial charge in [-0.1, -0.05) is 35.9 Å². The van der Waals surface area contributed by atoms with E-state index in [9.17, 15) is 4.79 Å². The van der Waals surface area contributed by atoms with Gasteiger partial charge < -0.3 is 14.1 Å². The van der Waals surface area contributed by atoms with Crippen molar-refractivity contribution < 1.29 is 13.9 Å². The van der Waals surface area contributed by atoms with Crippen LogP contribution >= 0.6 is 0 Å². The molecule has 31 heavy (non-hydrogen) atoms. The van der Waals surface area contributed by atoms with Gasteiger partial charge >= 0.3 is 0 Å². The van der Waals surface area contributed by atoms with E-state index in [0.717, 1.165) is 46.4 Å². The lowest BCUT2D eigenvalue weighted by Gasteiger charge is -2.22. The number of ether oxygens (including phenoxy) is 1. The molecule has 0 bridgehead atoms. The summed E-state index contributed by atoms with van der Waals surface area (Å²) in [5, 5.41) is 0. The molecule has 1 aliphatic rings. The van der Waals surface area contributed by atoms with Gasteiger partial charge in [0.05, 0.1) is 7.11 Å². The summed E-state index contributed by atoms with van der Waals surface area (Å²) in [6.45, 7) is 2.73. The highest BCUT2D eigenvalue weighted by molar-refractivity contribution is 5.94. The van der Waals surface area contributed by atoms with Gasteiger partial charge in [0.1, 0.15) is 17.3 Å². The van der Waals surface area contributed by atoms with Gasteiger partial charge in [0.25, 0.3) is 5.91 Å². The normalized spacial score (nSPS) is 16.1. The first-order chi connectivity index (χ1) is 15.1. The number of aryl methyl sites for hydroxylation is 1. The van der Waals surface area contributed by atoms with Crippen LogP contribution < -0.4 is 4.74 Å². The number of oxazole rings is 1. The van der Waals surface area contributed by atoms with E-state index in [1.54, 1.807) is 7.11 Å². The Morgan fingerprint density at radius 1 is 1.06 bits per heavy atom. The molecule has 0 radical (unpaired) electrons. The van der Waals surface area contributed by atoms with Gasteiger partial charge in [-0.3, -0.25) is 4.79 Å². The summed E-state index contributed by atoms with van der Waals surface area (Å²) < 4.78 is 11.4. The lowest BCUT2D eigenvalue weighted by molar-refractivity contribution is 0.0717. The second-order valence-corrected chi connectivity index (χ2v) is 7.99. The summed E-state index contributed by atoms with van der Waals surface area (Å²) in [6.07, 6.45) is 1.79. The van der Waals surface area contributed by atoms with E-state index in [2.05, 4.69) is 0 Å². The molecule has 0 N–H and O–H groups in total. The predicted octanol–water partition coefficient (Wildman–Crippen LogP) is 5.79. The molecule has 3 aromatic carbocycles. The van der Waals surface area contributed by atoms with Crippen molar-refractivity contribution in [3.63, 3.8) is 0 Å². The molecule has 1 saturated heterocycles. The van der Waals surface area contributed by atoms with Crippen molar-refractivity contribution >= 4 is 17.0 Å². The number of carbonyl (C=O) groups is 1. The summed E-state index contributed by atoms with van der Waals surface area (Å²) >= 11 is 0. The maximum Gasteiger partial charge on any atom is 0.254 e. The molecule has 1 unspecified atom stereocenters. The van der Waals surface area contributed by atoms with E-state index in [4.69, 9.17) is 14.1 Å². The first-order valence-corrected chi connectivity index (χ1v) is 10.5. The molecule has 0 saturated carbocycles. The van der Waals surface area contributed by atoms with Gasteiger partial charge in [-0.25, -0.2) is 4.98 Å². The van der Waals surface area contributed by atoms with E-state index in [0.29, 0.717) is 18.0 Å². The van der Waals surface area contributed by atoms with Crippen molar-refractivity contribution in [1.82, 2.24) is 9.88 Å². The van der Waals surface area contributed by atoms with Crippen molar-refractivity contribution in [3.05, 3.63) is 83.7 Å².